The normalized spacial score (nSPS) is 19.1. The fourth-order valence-electron chi connectivity index (χ4n) is 1.60. The summed E-state index contributed by atoms with van der Waals surface area (Å²) in [4.78, 5) is 4.54. The van der Waals surface area contributed by atoms with E-state index in [0.717, 1.165) is 5.71 Å². The molecule has 0 heterocycles. The molecule has 80 valence electrons. The summed E-state index contributed by atoms with van der Waals surface area (Å²) < 4.78 is 0. The summed E-state index contributed by atoms with van der Waals surface area (Å²) in [6.45, 7) is 2.04. The zero-order chi connectivity index (χ0) is 11.4. The van der Waals surface area contributed by atoms with E-state index in [2.05, 4.69) is 17.1 Å². The molecule has 0 saturated heterocycles. The molecule has 2 rings (SSSR count). The average molecular weight is 210 g/mol. The van der Waals surface area contributed by atoms with E-state index in [4.69, 9.17) is 5.41 Å². The molecular formula is C14H14N2. The number of rotatable bonds is 2. The van der Waals surface area contributed by atoms with Crippen molar-refractivity contribution in [1.29, 1.82) is 5.41 Å². The van der Waals surface area contributed by atoms with E-state index >= 15 is 0 Å². The zero-order valence-corrected chi connectivity index (χ0v) is 9.22. The Balaban J connectivity index is 2.21. The molecule has 1 aromatic rings. The van der Waals surface area contributed by atoms with Crippen LogP contribution in [0, 0.1) is 5.41 Å². The Bertz CT molecular complexity index is 467. The third-order valence-electron chi connectivity index (χ3n) is 2.52. The lowest BCUT2D eigenvalue weighted by Crippen LogP contribution is -2.11. The molecule has 1 aliphatic carbocycles. The molecule has 0 aliphatic heterocycles. The van der Waals surface area contributed by atoms with Gasteiger partial charge in [0.1, 0.15) is 0 Å². The van der Waals surface area contributed by atoms with Crippen LogP contribution in [0.3, 0.4) is 0 Å². The quantitative estimate of drug-likeness (QED) is 0.727. The van der Waals surface area contributed by atoms with Gasteiger partial charge in [-0.3, -0.25) is 10.4 Å². The Morgan fingerprint density at radius 3 is 2.44 bits per heavy atom. The number of hydrogen-bond acceptors (Lipinski definition) is 2. The Kier molecular flexibility index (Phi) is 3.10. The highest BCUT2D eigenvalue weighted by molar-refractivity contribution is 6.50. The molecule has 1 N–H and O–H groups in total. The molecule has 0 fully saturated rings. The maximum atomic E-state index is 7.73. The summed E-state index contributed by atoms with van der Waals surface area (Å²) in [6.07, 6.45) is 7.40. The van der Waals surface area contributed by atoms with Gasteiger partial charge in [0.2, 0.25) is 0 Å². The molecule has 16 heavy (non-hydrogen) atoms. The molecule has 1 aliphatic rings. The van der Waals surface area contributed by atoms with Crippen molar-refractivity contribution in [3.8, 4) is 0 Å². The minimum Gasteiger partial charge on any atom is -0.299 e. The van der Waals surface area contributed by atoms with Crippen molar-refractivity contribution in [2.45, 2.75) is 13.0 Å². The van der Waals surface area contributed by atoms with Crippen molar-refractivity contribution >= 4 is 11.4 Å². The lowest BCUT2D eigenvalue weighted by Gasteiger charge is -2.10. The summed E-state index contributed by atoms with van der Waals surface area (Å²) in [5, 5.41) is 7.73. The van der Waals surface area contributed by atoms with Gasteiger partial charge in [-0.1, -0.05) is 42.5 Å². The first-order valence-electron chi connectivity index (χ1n) is 5.34. The first-order valence-corrected chi connectivity index (χ1v) is 5.34. The third-order valence-corrected chi connectivity index (χ3v) is 2.52. The standard InChI is InChI=1S/C14H14N2/c1-11(12-7-3-2-4-8-12)16-14-10-6-5-9-13(14)15/h2-11,15H,1H3/b15-13?,16-14-. The van der Waals surface area contributed by atoms with Crippen molar-refractivity contribution in [1.82, 2.24) is 0 Å². The smallest absolute Gasteiger partial charge is 0.0831 e. The summed E-state index contributed by atoms with van der Waals surface area (Å²) in [7, 11) is 0. The number of nitrogens with one attached hydrogen (secondary N) is 1. The van der Waals surface area contributed by atoms with Gasteiger partial charge >= 0.3 is 0 Å². The van der Waals surface area contributed by atoms with Crippen LogP contribution in [0.1, 0.15) is 18.5 Å². The van der Waals surface area contributed by atoms with Crippen LogP contribution in [0.2, 0.25) is 0 Å². The van der Waals surface area contributed by atoms with Crippen LogP contribution in [-0.2, 0) is 0 Å². The summed E-state index contributed by atoms with van der Waals surface area (Å²) in [5.41, 5.74) is 2.40. The molecule has 0 bridgehead atoms. The van der Waals surface area contributed by atoms with E-state index in [9.17, 15) is 0 Å². The van der Waals surface area contributed by atoms with Crippen molar-refractivity contribution in [3.05, 3.63) is 60.2 Å². The van der Waals surface area contributed by atoms with Crippen molar-refractivity contribution in [2.24, 2.45) is 4.99 Å². The number of allylic oxidation sites excluding steroid dienone is 4. The van der Waals surface area contributed by atoms with Gasteiger partial charge in [-0.25, -0.2) is 0 Å². The minimum absolute atomic E-state index is 0.0905. The van der Waals surface area contributed by atoms with Gasteiger partial charge in [-0.05, 0) is 24.6 Å². The predicted octanol–water partition coefficient (Wildman–Crippen LogP) is 3.33. The largest absolute Gasteiger partial charge is 0.299 e. The van der Waals surface area contributed by atoms with Gasteiger partial charge in [0.05, 0.1) is 17.5 Å². The Hall–Kier alpha value is -1.96. The second-order valence-corrected chi connectivity index (χ2v) is 3.73. The molecule has 0 radical (unpaired) electrons. The zero-order valence-electron chi connectivity index (χ0n) is 9.22. The summed E-state index contributed by atoms with van der Waals surface area (Å²) in [6, 6.07) is 10.2. The number of nitrogens with zero attached hydrogens (tertiary/aromatic N) is 1. The first-order chi connectivity index (χ1) is 7.77. The van der Waals surface area contributed by atoms with E-state index in [1.54, 1.807) is 6.08 Å². The van der Waals surface area contributed by atoms with Crippen molar-refractivity contribution in [2.75, 3.05) is 0 Å². The van der Waals surface area contributed by atoms with Crippen molar-refractivity contribution in [3.63, 3.8) is 0 Å². The SMILES string of the molecule is CC(/N=C1/C=CC=CC1=N)c1ccccc1. The van der Waals surface area contributed by atoms with E-state index in [1.165, 1.54) is 5.56 Å². The Labute approximate surface area is 95.5 Å². The van der Waals surface area contributed by atoms with E-state index in [0.29, 0.717) is 5.71 Å². The van der Waals surface area contributed by atoms with Crippen LogP contribution in [-0.4, -0.2) is 11.4 Å². The molecule has 2 heteroatoms. The monoisotopic (exact) mass is 210 g/mol. The highest BCUT2D eigenvalue weighted by Crippen LogP contribution is 2.16. The topological polar surface area (TPSA) is 36.2 Å². The van der Waals surface area contributed by atoms with Gasteiger partial charge in [-0.15, -0.1) is 0 Å². The lowest BCUT2D eigenvalue weighted by atomic mass is 10.1. The minimum atomic E-state index is 0.0905. The lowest BCUT2D eigenvalue weighted by molar-refractivity contribution is 0.823. The summed E-state index contributed by atoms with van der Waals surface area (Å²) in [5.74, 6) is 0. The Morgan fingerprint density at radius 1 is 1.06 bits per heavy atom. The molecule has 0 amide bonds. The van der Waals surface area contributed by atoms with Crippen LogP contribution in [0.15, 0.2) is 59.6 Å². The summed E-state index contributed by atoms with van der Waals surface area (Å²) >= 11 is 0. The van der Waals surface area contributed by atoms with E-state index in [1.807, 2.05) is 43.4 Å². The fourth-order valence-corrected chi connectivity index (χ4v) is 1.60. The fraction of sp³-hybridized carbons (Fsp3) is 0.143. The van der Waals surface area contributed by atoms with Crippen LogP contribution in [0.5, 0.6) is 0 Å². The van der Waals surface area contributed by atoms with Crippen LogP contribution in [0.25, 0.3) is 0 Å². The predicted molar refractivity (Wildman–Crippen MR) is 68.3 cm³/mol. The van der Waals surface area contributed by atoms with Crippen LogP contribution in [0.4, 0.5) is 0 Å². The van der Waals surface area contributed by atoms with Gasteiger partial charge in [0.15, 0.2) is 0 Å². The number of aliphatic imine (C=N–C) groups is 1. The van der Waals surface area contributed by atoms with Crippen LogP contribution >= 0.6 is 0 Å². The molecular weight excluding hydrogens is 196 g/mol. The average Bonchev–Trinajstić information content (AvgIpc) is 2.33. The second-order valence-electron chi connectivity index (χ2n) is 3.73. The van der Waals surface area contributed by atoms with E-state index in [-0.39, 0.29) is 6.04 Å². The van der Waals surface area contributed by atoms with E-state index < -0.39 is 0 Å². The van der Waals surface area contributed by atoms with Crippen molar-refractivity contribution < 1.29 is 0 Å². The van der Waals surface area contributed by atoms with Gasteiger partial charge in [0.25, 0.3) is 0 Å². The second kappa shape index (κ2) is 4.71. The molecule has 1 atom stereocenters. The molecule has 0 spiro atoms. The molecule has 1 aromatic carbocycles. The highest BCUT2D eigenvalue weighted by atomic mass is 14.8. The van der Waals surface area contributed by atoms with Crippen LogP contribution < -0.4 is 0 Å². The van der Waals surface area contributed by atoms with Gasteiger partial charge < -0.3 is 0 Å². The first kappa shape index (κ1) is 10.6. The molecule has 2 nitrogen and oxygen atoms in total. The Morgan fingerprint density at radius 2 is 1.75 bits per heavy atom. The maximum Gasteiger partial charge on any atom is 0.0831 e. The molecule has 1 unspecified atom stereocenters. The highest BCUT2D eigenvalue weighted by Gasteiger charge is 2.07. The number of benzene rings is 1. The number of hydrogen-bond donors (Lipinski definition) is 1. The third kappa shape index (κ3) is 2.34. The van der Waals surface area contributed by atoms with Gasteiger partial charge in [0, 0.05) is 0 Å². The molecule has 0 aromatic heterocycles. The molecule has 0 saturated carbocycles. The van der Waals surface area contributed by atoms with Gasteiger partial charge in [-0.2, -0.15) is 0 Å². The maximum absolute atomic E-state index is 7.73.